The van der Waals surface area contributed by atoms with Gasteiger partial charge in [0.2, 0.25) is 17.7 Å². The number of carbonyl (C=O) groups is 3. The highest BCUT2D eigenvalue weighted by molar-refractivity contribution is 5.99. The zero-order valence-electron chi connectivity index (χ0n) is 24.4. The second-order valence-corrected chi connectivity index (χ2v) is 12.3. The Morgan fingerprint density at radius 3 is 2.36 bits per heavy atom. The number of aliphatic hydroxyl groups excluding tert-OH is 1. The Kier molecular flexibility index (Phi) is 8.96. The van der Waals surface area contributed by atoms with Crippen LogP contribution in [0.1, 0.15) is 78.6 Å². The summed E-state index contributed by atoms with van der Waals surface area (Å²) >= 11 is 0. The van der Waals surface area contributed by atoms with E-state index in [-0.39, 0.29) is 36.3 Å². The maximum atomic E-state index is 14.8. The number of hydrogen-bond donors (Lipinski definition) is 1. The van der Waals surface area contributed by atoms with Crippen molar-refractivity contribution in [2.75, 3.05) is 26.7 Å². The van der Waals surface area contributed by atoms with E-state index in [9.17, 15) is 19.5 Å². The van der Waals surface area contributed by atoms with Crippen LogP contribution in [0.4, 0.5) is 0 Å². The Morgan fingerprint density at radius 2 is 1.79 bits per heavy atom. The predicted molar refractivity (Wildman–Crippen MR) is 151 cm³/mol. The Hall–Kier alpha value is -2.19. The SMILES string of the molecule is C=CCN(C)C(=O)[C@@H]1[C@H]2C(=O)N([C@@H](CO)[C@@H](C)CC)C(C(=O)N(CC=C)C3CCCCC3)C23CC[C@@]1(CC)O3. The Morgan fingerprint density at radius 1 is 1.13 bits per heavy atom. The summed E-state index contributed by atoms with van der Waals surface area (Å²) in [4.78, 5) is 48.5. The minimum Gasteiger partial charge on any atom is -0.394 e. The van der Waals surface area contributed by atoms with Gasteiger partial charge in [0, 0.05) is 26.2 Å². The van der Waals surface area contributed by atoms with Gasteiger partial charge in [0.25, 0.3) is 0 Å². The third-order valence-corrected chi connectivity index (χ3v) is 10.4. The summed E-state index contributed by atoms with van der Waals surface area (Å²) in [5.41, 5.74) is -1.87. The third-order valence-electron chi connectivity index (χ3n) is 10.4. The lowest BCUT2D eigenvalue weighted by molar-refractivity contribution is -0.160. The molecular weight excluding hydrogens is 494 g/mol. The van der Waals surface area contributed by atoms with Gasteiger partial charge < -0.3 is 24.5 Å². The zero-order chi connectivity index (χ0) is 28.5. The van der Waals surface area contributed by atoms with Crippen LogP contribution in [0.25, 0.3) is 0 Å². The van der Waals surface area contributed by atoms with Gasteiger partial charge in [-0.05, 0) is 38.0 Å². The molecule has 1 spiro atoms. The van der Waals surface area contributed by atoms with Crippen LogP contribution >= 0.6 is 0 Å². The van der Waals surface area contributed by atoms with Crippen molar-refractivity contribution in [1.29, 1.82) is 0 Å². The first-order chi connectivity index (χ1) is 18.7. The lowest BCUT2D eigenvalue weighted by atomic mass is 9.64. The van der Waals surface area contributed by atoms with Crippen molar-refractivity contribution in [3.63, 3.8) is 0 Å². The molecule has 0 radical (unpaired) electrons. The van der Waals surface area contributed by atoms with Crippen molar-refractivity contribution < 1.29 is 24.2 Å². The number of aliphatic hydroxyl groups is 1. The first kappa shape index (κ1) is 29.8. The molecule has 0 aromatic heterocycles. The van der Waals surface area contributed by atoms with Gasteiger partial charge in [0.15, 0.2) is 0 Å². The fraction of sp³-hybridized carbons (Fsp3) is 0.774. The molecule has 1 aliphatic carbocycles. The van der Waals surface area contributed by atoms with E-state index in [1.54, 1.807) is 29.0 Å². The highest BCUT2D eigenvalue weighted by atomic mass is 16.5. The Labute approximate surface area is 234 Å². The van der Waals surface area contributed by atoms with Crippen molar-refractivity contribution in [2.45, 2.75) is 108 Å². The fourth-order valence-corrected chi connectivity index (χ4v) is 8.11. The van der Waals surface area contributed by atoms with Gasteiger partial charge in [-0.15, -0.1) is 13.2 Å². The van der Waals surface area contributed by atoms with Crippen LogP contribution in [-0.4, -0.2) is 93.6 Å². The van der Waals surface area contributed by atoms with Crippen molar-refractivity contribution in [2.24, 2.45) is 17.8 Å². The molecule has 4 fully saturated rings. The molecule has 8 nitrogen and oxygen atoms in total. The quantitative estimate of drug-likeness (QED) is 0.380. The van der Waals surface area contributed by atoms with Crippen LogP contribution in [0, 0.1) is 17.8 Å². The Bertz CT molecular complexity index is 964. The molecule has 8 heteroatoms. The second-order valence-electron chi connectivity index (χ2n) is 12.3. The molecule has 0 aromatic carbocycles. The average molecular weight is 544 g/mol. The van der Waals surface area contributed by atoms with Crippen LogP contribution < -0.4 is 0 Å². The molecule has 4 aliphatic rings. The molecule has 2 bridgehead atoms. The van der Waals surface area contributed by atoms with Gasteiger partial charge in [-0.3, -0.25) is 14.4 Å². The first-order valence-electron chi connectivity index (χ1n) is 15.1. The summed E-state index contributed by atoms with van der Waals surface area (Å²) in [6.07, 6.45) is 11.1. The number of hydrogen-bond acceptors (Lipinski definition) is 5. The number of nitrogens with zero attached hydrogens (tertiary/aromatic N) is 3. The summed E-state index contributed by atoms with van der Waals surface area (Å²) in [6.45, 7) is 14.3. The van der Waals surface area contributed by atoms with Crippen molar-refractivity contribution in [3.8, 4) is 0 Å². The van der Waals surface area contributed by atoms with E-state index < -0.39 is 35.1 Å². The predicted octanol–water partition coefficient (Wildman–Crippen LogP) is 3.54. The molecule has 1 saturated carbocycles. The lowest BCUT2D eigenvalue weighted by Crippen LogP contribution is -2.61. The monoisotopic (exact) mass is 543 g/mol. The fourth-order valence-electron chi connectivity index (χ4n) is 8.11. The van der Waals surface area contributed by atoms with Crippen molar-refractivity contribution >= 4 is 17.7 Å². The minimum absolute atomic E-state index is 0.0260. The van der Waals surface area contributed by atoms with E-state index in [2.05, 4.69) is 13.2 Å². The average Bonchev–Trinajstić information content (AvgIpc) is 3.55. The smallest absolute Gasteiger partial charge is 0.248 e. The van der Waals surface area contributed by atoms with Crippen molar-refractivity contribution in [1.82, 2.24) is 14.7 Å². The molecule has 0 aromatic rings. The Balaban J connectivity index is 1.85. The van der Waals surface area contributed by atoms with E-state index in [1.807, 2.05) is 25.7 Å². The number of carbonyl (C=O) groups excluding carboxylic acids is 3. The standard InChI is InChI=1S/C31H49N3O5/c1-7-18-32(6)27(36)24-25-28(37)34(23(20-35)21(5)9-3)26(31(25)17-16-30(24,10-4)39-31)29(38)33(19-8-2)22-14-12-11-13-15-22/h7-8,21-26,35H,1-2,9-20H2,3-6H3/t21-,23-,24-,25-,26?,30+,31?/m0/s1. The maximum Gasteiger partial charge on any atom is 0.248 e. The zero-order valence-corrected chi connectivity index (χ0v) is 24.4. The number of ether oxygens (including phenoxy) is 1. The van der Waals surface area contributed by atoms with Crippen molar-refractivity contribution in [3.05, 3.63) is 25.3 Å². The highest BCUT2D eigenvalue weighted by Crippen LogP contribution is 2.65. The highest BCUT2D eigenvalue weighted by Gasteiger charge is 2.79. The van der Waals surface area contributed by atoms with E-state index in [0.29, 0.717) is 32.4 Å². The number of amides is 3. The summed E-state index contributed by atoms with van der Waals surface area (Å²) in [7, 11) is 1.73. The lowest BCUT2D eigenvalue weighted by Gasteiger charge is -2.43. The minimum atomic E-state index is -1.09. The molecule has 39 heavy (non-hydrogen) atoms. The normalized spacial score (nSPS) is 33.5. The van der Waals surface area contributed by atoms with E-state index >= 15 is 0 Å². The van der Waals surface area contributed by atoms with Crippen LogP contribution in [0.3, 0.4) is 0 Å². The summed E-state index contributed by atoms with van der Waals surface area (Å²) in [6, 6.07) is -1.32. The van der Waals surface area contributed by atoms with Gasteiger partial charge >= 0.3 is 0 Å². The van der Waals surface area contributed by atoms with Crippen LogP contribution in [-0.2, 0) is 19.1 Å². The molecule has 3 saturated heterocycles. The number of fused-ring (bicyclic) bond motifs is 1. The molecule has 2 unspecified atom stereocenters. The molecule has 4 rings (SSSR count). The number of likely N-dealkylation sites (tertiary alicyclic amines) is 1. The molecular formula is C31H49N3O5. The first-order valence-corrected chi connectivity index (χ1v) is 15.1. The maximum absolute atomic E-state index is 14.8. The van der Waals surface area contributed by atoms with Crippen LogP contribution in [0.5, 0.6) is 0 Å². The topological polar surface area (TPSA) is 90.4 Å². The molecule has 3 amide bonds. The molecule has 7 atom stereocenters. The van der Waals surface area contributed by atoms with Crippen LogP contribution in [0.2, 0.25) is 0 Å². The van der Waals surface area contributed by atoms with Gasteiger partial charge in [0.05, 0.1) is 30.1 Å². The van der Waals surface area contributed by atoms with Gasteiger partial charge in [-0.1, -0.05) is 58.6 Å². The molecule has 3 aliphatic heterocycles. The van der Waals surface area contributed by atoms with Gasteiger partial charge in [-0.25, -0.2) is 0 Å². The van der Waals surface area contributed by atoms with E-state index in [0.717, 1.165) is 38.5 Å². The molecule has 218 valence electrons. The van der Waals surface area contributed by atoms with Crippen LogP contribution in [0.15, 0.2) is 25.3 Å². The van der Waals surface area contributed by atoms with E-state index in [1.165, 1.54) is 0 Å². The second kappa shape index (κ2) is 11.7. The third kappa shape index (κ3) is 4.65. The summed E-state index contributed by atoms with van der Waals surface area (Å²) in [5.74, 6) is -1.94. The molecule has 3 heterocycles. The number of likely N-dealkylation sites (N-methyl/N-ethyl adjacent to an activating group) is 1. The van der Waals surface area contributed by atoms with E-state index in [4.69, 9.17) is 4.74 Å². The summed E-state index contributed by atoms with van der Waals surface area (Å²) < 4.78 is 6.95. The summed E-state index contributed by atoms with van der Waals surface area (Å²) in [5, 5.41) is 10.6. The largest absolute Gasteiger partial charge is 0.394 e. The van der Waals surface area contributed by atoms with Gasteiger partial charge in [-0.2, -0.15) is 0 Å². The molecule has 1 N–H and O–H groups in total. The van der Waals surface area contributed by atoms with Gasteiger partial charge in [0.1, 0.15) is 11.6 Å². The number of rotatable bonds is 12.